The van der Waals surface area contributed by atoms with Crippen LogP contribution in [0, 0.1) is 0 Å². The summed E-state index contributed by atoms with van der Waals surface area (Å²) in [6.07, 6.45) is -0.579. The van der Waals surface area contributed by atoms with E-state index in [1.807, 2.05) is 54.6 Å². The number of hydrogen-bond donors (Lipinski definition) is 1. The molecule has 2 heterocycles. The van der Waals surface area contributed by atoms with Crippen molar-refractivity contribution in [2.24, 2.45) is 0 Å². The highest BCUT2D eigenvalue weighted by Crippen LogP contribution is 2.38. The van der Waals surface area contributed by atoms with Gasteiger partial charge in [-0.1, -0.05) is 84.9 Å². The van der Waals surface area contributed by atoms with E-state index in [-0.39, 0.29) is 13.1 Å². The van der Waals surface area contributed by atoms with Crippen molar-refractivity contribution in [2.45, 2.75) is 25.6 Å². The lowest BCUT2D eigenvalue weighted by molar-refractivity contribution is 0.0565. The summed E-state index contributed by atoms with van der Waals surface area (Å²) < 4.78 is 6.40. The molecule has 0 saturated carbocycles. The number of ether oxygens (including phenoxy) is 1. The van der Waals surface area contributed by atoms with E-state index in [0.717, 1.165) is 18.7 Å². The Labute approximate surface area is 250 Å². The predicted octanol–water partition coefficient (Wildman–Crippen LogP) is 5.64. The number of imide groups is 1. The van der Waals surface area contributed by atoms with Gasteiger partial charge in [0.1, 0.15) is 12.4 Å². The summed E-state index contributed by atoms with van der Waals surface area (Å²) in [5.74, 6) is -0.243. The fraction of sp³-hybridized carbons (Fsp3) is 0.229. The maximum atomic E-state index is 13.2. The Balaban J connectivity index is 1.23. The first-order valence-electron chi connectivity index (χ1n) is 14.5. The minimum absolute atomic E-state index is 0.0832. The molecule has 0 aliphatic carbocycles. The summed E-state index contributed by atoms with van der Waals surface area (Å²) in [6.45, 7) is 2.70. The van der Waals surface area contributed by atoms with Crippen LogP contribution in [0.15, 0.2) is 103 Å². The normalized spacial score (nSPS) is 15.9. The van der Waals surface area contributed by atoms with Crippen molar-refractivity contribution in [3.63, 3.8) is 0 Å². The van der Waals surface area contributed by atoms with E-state index in [0.29, 0.717) is 42.0 Å². The van der Waals surface area contributed by atoms with Crippen LogP contribution < -0.4 is 4.74 Å². The van der Waals surface area contributed by atoms with Crippen LogP contribution in [0.3, 0.4) is 0 Å². The molecule has 8 heteroatoms. The maximum Gasteiger partial charge on any atom is 0.407 e. The smallest absolute Gasteiger partial charge is 0.407 e. The quantitative estimate of drug-likeness (QED) is 0.246. The molecule has 2 aliphatic rings. The van der Waals surface area contributed by atoms with Crippen molar-refractivity contribution in [1.82, 2.24) is 14.7 Å². The number of carbonyl (C=O) groups excluding carboxylic acids is 2. The number of hydrogen-bond acceptors (Lipinski definition) is 5. The van der Waals surface area contributed by atoms with Gasteiger partial charge in [0, 0.05) is 31.7 Å². The van der Waals surface area contributed by atoms with Gasteiger partial charge in [0.2, 0.25) is 0 Å². The van der Waals surface area contributed by atoms with Gasteiger partial charge in [-0.2, -0.15) is 0 Å². The molecule has 0 radical (unpaired) electrons. The van der Waals surface area contributed by atoms with Crippen LogP contribution in [0.1, 0.15) is 49.0 Å². The lowest BCUT2D eigenvalue weighted by Crippen LogP contribution is -2.46. The van der Waals surface area contributed by atoms with Crippen LogP contribution in [-0.2, 0) is 19.5 Å². The molecule has 3 amide bonds. The lowest BCUT2D eigenvalue weighted by Gasteiger charge is -2.38. The molecule has 0 spiro atoms. The fourth-order valence-electron chi connectivity index (χ4n) is 6.04. The second-order valence-electron chi connectivity index (χ2n) is 10.9. The Hall–Kier alpha value is -4.95. The highest BCUT2D eigenvalue weighted by atomic mass is 16.5. The highest BCUT2D eigenvalue weighted by Gasteiger charge is 2.41. The third-order valence-electron chi connectivity index (χ3n) is 8.13. The van der Waals surface area contributed by atoms with Crippen molar-refractivity contribution >= 4 is 17.9 Å². The van der Waals surface area contributed by atoms with Gasteiger partial charge in [-0.05, 0) is 41.3 Å². The van der Waals surface area contributed by atoms with Crippen molar-refractivity contribution in [3.8, 4) is 5.75 Å². The van der Waals surface area contributed by atoms with Crippen LogP contribution in [-0.4, -0.2) is 64.0 Å². The largest absolute Gasteiger partial charge is 0.492 e. The first-order chi connectivity index (χ1) is 21.0. The summed E-state index contributed by atoms with van der Waals surface area (Å²) in [4.78, 5) is 43.6. The lowest BCUT2D eigenvalue weighted by atomic mass is 9.91. The molecule has 1 atom stereocenters. The predicted molar refractivity (Wildman–Crippen MR) is 162 cm³/mol. The molecule has 1 N–H and O–H groups in total. The van der Waals surface area contributed by atoms with Gasteiger partial charge in [-0.25, -0.2) is 4.79 Å². The van der Waals surface area contributed by atoms with Gasteiger partial charge in [-0.3, -0.25) is 24.3 Å². The summed E-state index contributed by atoms with van der Waals surface area (Å²) in [6, 6.07) is 32.3. The zero-order chi connectivity index (χ0) is 29.8. The Kier molecular flexibility index (Phi) is 8.20. The molecular formula is C35H33N3O5. The van der Waals surface area contributed by atoms with E-state index < -0.39 is 23.9 Å². The number of carboxylic acid groups (broad SMARTS) is 1. The zero-order valence-electron chi connectivity index (χ0n) is 23.8. The SMILES string of the molecule is O=C1c2ccccc2C(=O)N1C[C@@H]1c2c(cccc2OCCN(Cc2ccccc2)Cc2ccccc2)CCN1C(=O)O. The number of fused-ring (bicyclic) bond motifs is 2. The number of carbonyl (C=O) groups is 3. The average Bonchev–Trinajstić information content (AvgIpc) is 3.27. The Morgan fingerprint density at radius 3 is 1.95 bits per heavy atom. The van der Waals surface area contributed by atoms with Crippen LogP contribution in [0.4, 0.5) is 4.79 Å². The number of amides is 3. The third kappa shape index (κ3) is 6.01. The van der Waals surface area contributed by atoms with Crippen molar-refractivity contribution in [2.75, 3.05) is 26.2 Å². The molecule has 0 aromatic heterocycles. The van der Waals surface area contributed by atoms with Crippen LogP contribution in [0.5, 0.6) is 5.75 Å². The second kappa shape index (κ2) is 12.5. The maximum absolute atomic E-state index is 13.2. The first kappa shape index (κ1) is 28.2. The van der Waals surface area contributed by atoms with Crippen LogP contribution >= 0.6 is 0 Å². The van der Waals surface area contributed by atoms with Crippen molar-refractivity contribution < 1.29 is 24.2 Å². The van der Waals surface area contributed by atoms with Gasteiger partial charge < -0.3 is 9.84 Å². The number of nitrogens with zero attached hydrogens (tertiary/aromatic N) is 3. The second-order valence-corrected chi connectivity index (χ2v) is 10.9. The third-order valence-corrected chi connectivity index (χ3v) is 8.13. The molecule has 0 unspecified atom stereocenters. The van der Waals surface area contributed by atoms with Crippen molar-refractivity contribution in [3.05, 3.63) is 137 Å². The monoisotopic (exact) mass is 575 g/mol. The molecule has 6 rings (SSSR count). The van der Waals surface area contributed by atoms with Gasteiger partial charge in [-0.15, -0.1) is 0 Å². The summed E-state index contributed by atoms with van der Waals surface area (Å²) in [5.41, 5.74) is 4.76. The van der Waals surface area contributed by atoms with E-state index in [1.54, 1.807) is 24.3 Å². The number of benzene rings is 4. The molecule has 218 valence electrons. The van der Waals surface area contributed by atoms with Gasteiger partial charge in [0.15, 0.2) is 0 Å². The van der Waals surface area contributed by atoms with E-state index >= 15 is 0 Å². The van der Waals surface area contributed by atoms with Crippen LogP contribution in [0.25, 0.3) is 0 Å². The fourth-order valence-corrected chi connectivity index (χ4v) is 6.04. The standard InChI is InChI=1S/C35H33N3O5/c39-33-28-15-7-8-16-29(28)34(40)38(33)24-30-32-27(18-19-37(30)35(41)42)14-9-17-31(32)43-21-20-36(22-25-10-3-1-4-11-25)23-26-12-5-2-6-13-26/h1-17,30H,18-24H2,(H,41,42)/t30-/m1/s1. The summed E-state index contributed by atoms with van der Waals surface area (Å²) in [5, 5.41) is 10.1. The first-order valence-corrected chi connectivity index (χ1v) is 14.5. The minimum atomic E-state index is -1.10. The highest BCUT2D eigenvalue weighted by molar-refractivity contribution is 6.21. The van der Waals surface area contributed by atoms with E-state index in [2.05, 4.69) is 29.2 Å². The zero-order valence-corrected chi connectivity index (χ0v) is 23.8. The Morgan fingerprint density at radius 1 is 0.791 bits per heavy atom. The van der Waals surface area contributed by atoms with Crippen LogP contribution in [0.2, 0.25) is 0 Å². The minimum Gasteiger partial charge on any atom is -0.492 e. The summed E-state index contributed by atoms with van der Waals surface area (Å²) in [7, 11) is 0. The van der Waals surface area contributed by atoms with E-state index in [4.69, 9.17) is 4.74 Å². The van der Waals surface area contributed by atoms with E-state index in [9.17, 15) is 19.5 Å². The molecule has 43 heavy (non-hydrogen) atoms. The Morgan fingerprint density at radius 2 is 1.37 bits per heavy atom. The molecule has 4 aromatic carbocycles. The molecule has 4 aromatic rings. The average molecular weight is 576 g/mol. The van der Waals surface area contributed by atoms with Crippen molar-refractivity contribution in [1.29, 1.82) is 0 Å². The topological polar surface area (TPSA) is 90.4 Å². The molecule has 0 bridgehead atoms. The number of rotatable bonds is 10. The van der Waals surface area contributed by atoms with Gasteiger partial charge >= 0.3 is 6.09 Å². The van der Waals surface area contributed by atoms with E-state index in [1.165, 1.54) is 20.9 Å². The molecule has 8 nitrogen and oxygen atoms in total. The van der Waals surface area contributed by atoms with Gasteiger partial charge in [0.05, 0.1) is 23.7 Å². The molecule has 0 fully saturated rings. The summed E-state index contributed by atoms with van der Waals surface area (Å²) >= 11 is 0. The van der Waals surface area contributed by atoms with Gasteiger partial charge in [0.25, 0.3) is 11.8 Å². The Bertz CT molecular complexity index is 1550. The molecule has 0 saturated heterocycles. The molecule has 2 aliphatic heterocycles. The molecular weight excluding hydrogens is 542 g/mol.